The van der Waals surface area contributed by atoms with Gasteiger partial charge in [-0.1, -0.05) is 25.1 Å². The minimum absolute atomic E-state index is 0. The van der Waals surface area contributed by atoms with Crippen molar-refractivity contribution in [2.24, 2.45) is 0 Å². The van der Waals surface area contributed by atoms with Gasteiger partial charge in [0.25, 0.3) is 5.91 Å². The van der Waals surface area contributed by atoms with Crippen LogP contribution < -0.4 is 5.32 Å². The fourth-order valence-corrected chi connectivity index (χ4v) is 4.04. The molecule has 1 aliphatic rings. The first kappa shape index (κ1) is 23.8. The first-order valence-electron chi connectivity index (χ1n) is 8.88. The second-order valence-electron chi connectivity index (χ2n) is 6.37. The van der Waals surface area contributed by atoms with Crippen molar-refractivity contribution in [3.8, 4) is 0 Å². The number of benzene rings is 1. The van der Waals surface area contributed by atoms with Gasteiger partial charge in [0.1, 0.15) is 11.5 Å². The molecule has 4 nitrogen and oxygen atoms in total. The Morgan fingerprint density at radius 1 is 1.30 bits per heavy atom. The van der Waals surface area contributed by atoms with Gasteiger partial charge in [-0.05, 0) is 44.0 Å². The molecule has 1 fully saturated rings. The Kier molecular flexibility index (Phi) is 10.2. The fourth-order valence-electron chi connectivity index (χ4n) is 3.25. The average Bonchev–Trinajstić information content (AvgIpc) is 3.10. The lowest BCUT2D eigenvalue weighted by atomic mass is 10.0. The maximum atomic E-state index is 13.8. The summed E-state index contributed by atoms with van der Waals surface area (Å²) in [7, 11) is 0. The molecular weight excluding hydrogens is 408 g/mol. The molecule has 1 N–H and O–H groups in total. The van der Waals surface area contributed by atoms with E-state index in [4.69, 9.17) is 0 Å². The van der Waals surface area contributed by atoms with Crippen LogP contribution >= 0.6 is 36.2 Å². The summed E-state index contributed by atoms with van der Waals surface area (Å²) in [6, 6.07) is 6.99. The van der Waals surface area contributed by atoms with Crippen molar-refractivity contribution >= 4 is 42.1 Å². The third-order valence-corrected chi connectivity index (χ3v) is 5.39. The third kappa shape index (κ3) is 6.14. The third-order valence-electron chi connectivity index (χ3n) is 4.55. The Bertz CT molecular complexity index is 722. The zero-order chi connectivity index (χ0) is 17.6. The van der Waals surface area contributed by atoms with E-state index in [1.54, 1.807) is 12.1 Å². The largest absolute Gasteiger partial charge is 0.334 e. The van der Waals surface area contributed by atoms with Crippen LogP contribution in [0.15, 0.2) is 29.6 Å². The monoisotopic (exact) mass is 433 g/mol. The highest BCUT2D eigenvalue weighted by atomic mass is 35.5. The zero-order valence-corrected chi connectivity index (χ0v) is 17.8. The first-order valence-corrected chi connectivity index (χ1v) is 9.76. The van der Waals surface area contributed by atoms with Gasteiger partial charge in [-0.3, -0.25) is 4.79 Å². The van der Waals surface area contributed by atoms with E-state index in [2.05, 4.69) is 17.2 Å². The molecule has 0 spiro atoms. The van der Waals surface area contributed by atoms with Gasteiger partial charge in [-0.2, -0.15) is 0 Å². The normalized spacial score (nSPS) is 14.1. The molecule has 27 heavy (non-hydrogen) atoms. The van der Waals surface area contributed by atoms with E-state index in [0.29, 0.717) is 17.7 Å². The highest BCUT2D eigenvalue weighted by Gasteiger charge is 2.27. The number of nitrogens with zero attached hydrogens (tertiary/aromatic N) is 2. The van der Waals surface area contributed by atoms with Crippen LogP contribution in [-0.2, 0) is 6.42 Å². The fraction of sp³-hybridized carbons (Fsp3) is 0.474. The summed E-state index contributed by atoms with van der Waals surface area (Å²) >= 11 is 1.43. The smallest absolute Gasteiger partial charge is 0.273 e. The van der Waals surface area contributed by atoms with E-state index in [-0.39, 0.29) is 42.6 Å². The molecule has 2 aromatic rings. The Labute approximate surface area is 176 Å². The predicted octanol–water partition coefficient (Wildman–Crippen LogP) is 4.32. The van der Waals surface area contributed by atoms with Crippen LogP contribution in [0.1, 0.15) is 47.2 Å². The summed E-state index contributed by atoms with van der Waals surface area (Å²) in [6.45, 7) is 4.75. The van der Waals surface area contributed by atoms with E-state index >= 15 is 0 Å². The maximum absolute atomic E-state index is 13.8. The molecular formula is C19H26Cl2FN3OS. The first-order chi connectivity index (χ1) is 12.2. The number of aromatic nitrogens is 1. The number of piperidine rings is 1. The highest BCUT2D eigenvalue weighted by molar-refractivity contribution is 7.09. The molecule has 0 aliphatic carbocycles. The van der Waals surface area contributed by atoms with Crippen LogP contribution in [0, 0.1) is 5.82 Å². The van der Waals surface area contributed by atoms with Crippen molar-refractivity contribution in [2.45, 2.75) is 38.6 Å². The molecule has 1 amide bonds. The molecule has 150 valence electrons. The SMILES string of the molecule is CCCN(C(=O)c1csc(Cc2ccccc2F)n1)C1CCNCC1.Cl.Cl. The molecule has 0 unspecified atom stereocenters. The Morgan fingerprint density at radius 3 is 2.67 bits per heavy atom. The van der Waals surface area contributed by atoms with E-state index in [0.717, 1.165) is 43.9 Å². The Balaban J connectivity index is 0.00000182. The summed E-state index contributed by atoms with van der Waals surface area (Å²) in [5, 5.41) is 5.92. The van der Waals surface area contributed by atoms with Gasteiger partial charge in [-0.15, -0.1) is 36.2 Å². The quantitative estimate of drug-likeness (QED) is 0.737. The number of carbonyl (C=O) groups is 1. The lowest BCUT2D eigenvalue weighted by Gasteiger charge is -2.34. The van der Waals surface area contributed by atoms with E-state index < -0.39 is 0 Å². The molecule has 0 saturated carbocycles. The minimum Gasteiger partial charge on any atom is -0.334 e. The second-order valence-corrected chi connectivity index (χ2v) is 7.32. The topological polar surface area (TPSA) is 45.2 Å². The predicted molar refractivity (Wildman–Crippen MR) is 113 cm³/mol. The summed E-state index contributed by atoms with van der Waals surface area (Å²) in [5.41, 5.74) is 1.10. The maximum Gasteiger partial charge on any atom is 0.273 e. The molecule has 1 saturated heterocycles. The number of hydrogen-bond acceptors (Lipinski definition) is 4. The van der Waals surface area contributed by atoms with Crippen molar-refractivity contribution in [1.29, 1.82) is 0 Å². The van der Waals surface area contributed by atoms with E-state index in [1.807, 2.05) is 16.3 Å². The number of thiazole rings is 1. The number of rotatable bonds is 6. The Hall–Kier alpha value is -1.21. The van der Waals surface area contributed by atoms with E-state index in [9.17, 15) is 9.18 Å². The van der Waals surface area contributed by atoms with Gasteiger partial charge >= 0.3 is 0 Å². The standard InChI is InChI=1S/C19H24FN3OS.2ClH/c1-2-11-23(15-7-9-21-10-8-15)19(24)17-13-25-18(22-17)12-14-5-3-4-6-16(14)20;;/h3-6,13,15,21H,2,7-12H2,1H3;2*1H. The molecule has 1 aromatic heterocycles. The molecule has 2 heterocycles. The summed E-state index contributed by atoms with van der Waals surface area (Å²) in [6.07, 6.45) is 3.32. The molecule has 1 aliphatic heterocycles. The van der Waals surface area contributed by atoms with Crippen molar-refractivity contribution in [1.82, 2.24) is 15.2 Å². The van der Waals surface area contributed by atoms with Crippen molar-refractivity contribution in [2.75, 3.05) is 19.6 Å². The van der Waals surface area contributed by atoms with Crippen LogP contribution in [0.5, 0.6) is 0 Å². The van der Waals surface area contributed by atoms with Crippen molar-refractivity contribution in [3.05, 3.63) is 51.7 Å². The lowest BCUT2D eigenvalue weighted by molar-refractivity contribution is 0.0637. The molecule has 1 aromatic carbocycles. The summed E-state index contributed by atoms with van der Waals surface area (Å²) < 4.78 is 13.8. The molecule has 8 heteroatoms. The molecule has 3 rings (SSSR count). The van der Waals surface area contributed by atoms with E-state index in [1.165, 1.54) is 17.4 Å². The van der Waals surface area contributed by atoms with Crippen LogP contribution in [0.2, 0.25) is 0 Å². The number of carbonyl (C=O) groups excluding carboxylic acids is 1. The molecule has 0 bridgehead atoms. The van der Waals surface area contributed by atoms with Gasteiger partial charge in [0.15, 0.2) is 0 Å². The Morgan fingerprint density at radius 2 is 2.00 bits per heavy atom. The lowest BCUT2D eigenvalue weighted by Crippen LogP contribution is -2.46. The van der Waals surface area contributed by atoms with Gasteiger partial charge in [0.05, 0.1) is 5.01 Å². The summed E-state index contributed by atoms with van der Waals surface area (Å²) in [5.74, 6) is -0.224. The zero-order valence-electron chi connectivity index (χ0n) is 15.3. The van der Waals surface area contributed by atoms with Crippen LogP contribution in [0.4, 0.5) is 4.39 Å². The van der Waals surface area contributed by atoms with Crippen LogP contribution in [0.25, 0.3) is 0 Å². The summed E-state index contributed by atoms with van der Waals surface area (Å²) in [4.78, 5) is 19.4. The highest BCUT2D eigenvalue weighted by Crippen LogP contribution is 2.20. The molecule has 0 radical (unpaired) electrons. The van der Waals surface area contributed by atoms with Crippen LogP contribution in [0.3, 0.4) is 0 Å². The van der Waals surface area contributed by atoms with Crippen LogP contribution in [-0.4, -0.2) is 41.5 Å². The van der Waals surface area contributed by atoms with Gasteiger partial charge in [0.2, 0.25) is 0 Å². The van der Waals surface area contributed by atoms with Crippen molar-refractivity contribution < 1.29 is 9.18 Å². The average molecular weight is 434 g/mol. The molecule has 0 atom stereocenters. The van der Waals surface area contributed by atoms with Crippen molar-refractivity contribution in [3.63, 3.8) is 0 Å². The number of nitrogens with one attached hydrogen (secondary N) is 1. The van der Waals surface area contributed by atoms with Gasteiger partial charge in [0, 0.05) is 24.4 Å². The van der Waals surface area contributed by atoms with Gasteiger partial charge < -0.3 is 10.2 Å². The number of amides is 1. The number of halogens is 3. The minimum atomic E-state index is -0.229. The second kappa shape index (κ2) is 11.6. The van der Waals surface area contributed by atoms with Gasteiger partial charge in [-0.25, -0.2) is 9.37 Å². The number of hydrogen-bond donors (Lipinski definition) is 1.